The van der Waals surface area contributed by atoms with Gasteiger partial charge in [0.25, 0.3) is 0 Å². The first-order chi connectivity index (χ1) is 13.0. The van der Waals surface area contributed by atoms with Crippen LogP contribution in [-0.2, 0) is 11.3 Å². The smallest absolute Gasteiger partial charge is 0.319 e. The summed E-state index contributed by atoms with van der Waals surface area (Å²) in [5.74, 6) is -0.281. The van der Waals surface area contributed by atoms with E-state index in [0.717, 1.165) is 14.7 Å². The molecule has 1 heterocycles. The molecule has 3 rings (SSSR count). The summed E-state index contributed by atoms with van der Waals surface area (Å²) < 4.78 is 6.42. The van der Waals surface area contributed by atoms with Crippen LogP contribution >= 0.6 is 22.6 Å². The summed E-state index contributed by atoms with van der Waals surface area (Å²) in [4.78, 5) is 25.0. The number of methoxy groups -OCH3 is 1. The van der Waals surface area contributed by atoms with Crippen molar-refractivity contribution in [1.29, 1.82) is 0 Å². The summed E-state index contributed by atoms with van der Waals surface area (Å²) >= 11 is 2.19. The Labute approximate surface area is 171 Å². The van der Waals surface area contributed by atoms with Crippen LogP contribution in [0.3, 0.4) is 0 Å². The lowest BCUT2D eigenvalue weighted by Crippen LogP contribution is -2.53. The van der Waals surface area contributed by atoms with Crippen molar-refractivity contribution in [3.05, 3.63) is 75.5 Å². The number of ether oxygens (including phenoxy) is 1. The molecule has 0 spiro atoms. The number of hydrogen-bond acceptors (Lipinski definition) is 3. The van der Waals surface area contributed by atoms with Gasteiger partial charge in [-0.15, -0.1) is 0 Å². The number of carbonyl (C=O) groups is 2. The van der Waals surface area contributed by atoms with Crippen LogP contribution in [0, 0.1) is 9.49 Å². The van der Waals surface area contributed by atoms with E-state index in [0.29, 0.717) is 18.0 Å². The zero-order valence-electron chi connectivity index (χ0n) is 14.8. The Morgan fingerprint density at radius 2 is 2.00 bits per heavy atom. The van der Waals surface area contributed by atoms with E-state index in [1.165, 1.54) is 0 Å². The Hall–Kier alpha value is -2.55. The van der Waals surface area contributed by atoms with Gasteiger partial charge in [0.15, 0.2) is 0 Å². The molecule has 0 bridgehead atoms. The SMILES string of the molecule is C=C1NC(=O)N[C@@H](c2cc(I)ccc2OC)[C@@H]1C(=O)NCc1ccccc1. The highest BCUT2D eigenvalue weighted by molar-refractivity contribution is 14.1. The first-order valence-corrected chi connectivity index (χ1v) is 9.49. The summed E-state index contributed by atoms with van der Waals surface area (Å²) in [6, 6.07) is 14.3. The van der Waals surface area contributed by atoms with Gasteiger partial charge >= 0.3 is 6.03 Å². The number of amides is 3. The van der Waals surface area contributed by atoms with Crippen molar-refractivity contribution in [1.82, 2.24) is 16.0 Å². The van der Waals surface area contributed by atoms with E-state index >= 15 is 0 Å². The molecule has 2 aromatic carbocycles. The van der Waals surface area contributed by atoms with Gasteiger partial charge in [-0.2, -0.15) is 0 Å². The maximum atomic E-state index is 13.0. The van der Waals surface area contributed by atoms with E-state index in [-0.39, 0.29) is 5.91 Å². The summed E-state index contributed by atoms with van der Waals surface area (Å²) in [5, 5.41) is 8.38. The van der Waals surface area contributed by atoms with E-state index < -0.39 is 18.0 Å². The molecule has 1 aliphatic heterocycles. The van der Waals surface area contributed by atoms with Gasteiger partial charge in [0, 0.05) is 21.4 Å². The fourth-order valence-corrected chi connectivity index (χ4v) is 3.61. The molecule has 0 saturated carbocycles. The topological polar surface area (TPSA) is 79.5 Å². The second-order valence-electron chi connectivity index (χ2n) is 6.17. The first kappa shape index (κ1) is 19.2. The maximum Gasteiger partial charge on any atom is 0.319 e. The van der Waals surface area contributed by atoms with Crippen LogP contribution in [0.1, 0.15) is 17.2 Å². The van der Waals surface area contributed by atoms with E-state index in [4.69, 9.17) is 4.74 Å². The molecule has 7 heteroatoms. The Morgan fingerprint density at radius 3 is 2.70 bits per heavy atom. The Balaban J connectivity index is 1.88. The van der Waals surface area contributed by atoms with Gasteiger partial charge in [-0.1, -0.05) is 36.9 Å². The van der Waals surface area contributed by atoms with Crippen molar-refractivity contribution in [2.45, 2.75) is 12.6 Å². The van der Waals surface area contributed by atoms with E-state index in [2.05, 4.69) is 45.1 Å². The molecule has 3 amide bonds. The van der Waals surface area contributed by atoms with Crippen molar-refractivity contribution in [2.75, 3.05) is 7.11 Å². The largest absolute Gasteiger partial charge is 0.496 e. The van der Waals surface area contributed by atoms with Crippen LogP contribution in [0.15, 0.2) is 60.8 Å². The number of hydrogen-bond donors (Lipinski definition) is 3. The summed E-state index contributed by atoms with van der Waals surface area (Å²) in [6.07, 6.45) is 0. The van der Waals surface area contributed by atoms with E-state index in [9.17, 15) is 9.59 Å². The molecule has 0 aromatic heterocycles. The third-order valence-electron chi connectivity index (χ3n) is 4.39. The quantitative estimate of drug-likeness (QED) is 0.580. The lowest BCUT2D eigenvalue weighted by Gasteiger charge is -2.34. The van der Waals surface area contributed by atoms with Gasteiger partial charge in [0.1, 0.15) is 11.7 Å². The third kappa shape index (κ3) is 4.41. The number of rotatable bonds is 5. The average Bonchev–Trinajstić information content (AvgIpc) is 2.66. The van der Waals surface area contributed by atoms with Crippen molar-refractivity contribution in [3.8, 4) is 5.75 Å². The molecule has 1 aliphatic rings. The Morgan fingerprint density at radius 1 is 1.26 bits per heavy atom. The van der Waals surface area contributed by atoms with Crippen molar-refractivity contribution in [3.63, 3.8) is 0 Å². The van der Waals surface area contributed by atoms with Gasteiger partial charge in [-0.3, -0.25) is 4.79 Å². The molecular weight excluding hydrogens is 457 g/mol. The summed E-state index contributed by atoms with van der Waals surface area (Å²) in [7, 11) is 1.56. The second kappa shape index (κ2) is 8.43. The van der Waals surface area contributed by atoms with E-state index in [1.54, 1.807) is 7.11 Å². The highest BCUT2D eigenvalue weighted by Gasteiger charge is 2.39. The minimum absolute atomic E-state index is 0.220. The summed E-state index contributed by atoms with van der Waals surface area (Å²) in [5.41, 5.74) is 2.09. The lowest BCUT2D eigenvalue weighted by atomic mass is 9.87. The maximum absolute atomic E-state index is 13.0. The van der Waals surface area contributed by atoms with Gasteiger partial charge in [-0.05, 0) is 46.4 Å². The van der Waals surface area contributed by atoms with Gasteiger partial charge in [0.05, 0.1) is 13.2 Å². The molecule has 3 N–H and O–H groups in total. The predicted octanol–water partition coefficient (Wildman–Crippen LogP) is 3.10. The predicted molar refractivity (Wildman–Crippen MR) is 111 cm³/mol. The number of halogens is 1. The van der Waals surface area contributed by atoms with E-state index in [1.807, 2.05) is 48.5 Å². The number of urea groups is 1. The van der Waals surface area contributed by atoms with Crippen LogP contribution < -0.4 is 20.7 Å². The van der Waals surface area contributed by atoms with Crippen LogP contribution in [0.5, 0.6) is 5.75 Å². The Bertz CT molecular complexity index is 870. The fraction of sp³-hybridized carbons (Fsp3) is 0.200. The number of benzene rings is 2. The van der Waals surface area contributed by atoms with Gasteiger partial charge in [-0.25, -0.2) is 4.79 Å². The molecule has 140 valence electrons. The molecular formula is C20H20IN3O3. The van der Waals surface area contributed by atoms with Crippen molar-refractivity contribution >= 4 is 34.5 Å². The third-order valence-corrected chi connectivity index (χ3v) is 5.06. The molecule has 1 fully saturated rings. The average molecular weight is 477 g/mol. The highest BCUT2D eigenvalue weighted by atomic mass is 127. The molecule has 2 aromatic rings. The second-order valence-corrected chi connectivity index (χ2v) is 7.41. The minimum atomic E-state index is -0.668. The Kier molecular flexibility index (Phi) is 6.00. The molecule has 6 nitrogen and oxygen atoms in total. The number of carbonyl (C=O) groups excluding carboxylic acids is 2. The number of nitrogens with one attached hydrogen (secondary N) is 3. The monoisotopic (exact) mass is 477 g/mol. The minimum Gasteiger partial charge on any atom is -0.496 e. The normalized spacial score (nSPS) is 19.0. The summed E-state index contributed by atoms with van der Waals surface area (Å²) in [6.45, 7) is 4.30. The molecule has 0 unspecified atom stereocenters. The van der Waals surface area contributed by atoms with Gasteiger partial charge in [0.2, 0.25) is 5.91 Å². The standard InChI is InChI=1S/C20H20IN3O3/c1-12-17(19(25)22-11-13-6-4-3-5-7-13)18(24-20(26)23-12)15-10-14(21)8-9-16(15)27-2/h3-10,17-18H,1,11H2,2H3,(H,22,25)(H2,23,24,26)/t17-,18+/m1/s1. The van der Waals surface area contributed by atoms with Crippen LogP contribution in [0.4, 0.5) is 4.79 Å². The van der Waals surface area contributed by atoms with Crippen molar-refractivity contribution in [2.24, 2.45) is 5.92 Å². The first-order valence-electron chi connectivity index (χ1n) is 8.41. The molecule has 2 atom stereocenters. The van der Waals surface area contributed by atoms with Crippen LogP contribution in [0.2, 0.25) is 0 Å². The molecule has 1 saturated heterocycles. The van der Waals surface area contributed by atoms with Gasteiger partial charge < -0.3 is 20.7 Å². The highest BCUT2D eigenvalue weighted by Crippen LogP contribution is 2.35. The lowest BCUT2D eigenvalue weighted by molar-refractivity contribution is -0.125. The fourth-order valence-electron chi connectivity index (χ4n) is 3.10. The van der Waals surface area contributed by atoms with Crippen molar-refractivity contribution < 1.29 is 14.3 Å². The van der Waals surface area contributed by atoms with Crippen LogP contribution in [0.25, 0.3) is 0 Å². The molecule has 0 aliphatic carbocycles. The molecule has 27 heavy (non-hydrogen) atoms. The zero-order valence-corrected chi connectivity index (χ0v) is 16.9. The molecule has 0 radical (unpaired) electrons. The van der Waals surface area contributed by atoms with Crippen LogP contribution in [-0.4, -0.2) is 19.0 Å². The zero-order chi connectivity index (χ0) is 19.4.